The SMILES string of the molecule is CCN1CCCc2cc3c(Cl)c(C=O)c(=O)oc3cc21. The molecule has 0 saturated heterocycles. The summed E-state index contributed by atoms with van der Waals surface area (Å²) in [6.07, 6.45) is 2.50. The van der Waals surface area contributed by atoms with Gasteiger partial charge >= 0.3 is 5.63 Å². The summed E-state index contributed by atoms with van der Waals surface area (Å²) in [6.45, 7) is 4.00. The van der Waals surface area contributed by atoms with Gasteiger partial charge in [-0.05, 0) is 31.4 Å². The minimum absolute atomic E-state index is 0.109. The highest BCUT2D eigenvalue weighted by Gasteiger charge is 2.20. The molecule has 104 valence electrons. The molecule has 0 fully saturated rings. The topological polar surface area (TPSA) is 50.5 Å². The van der Waals surface area contributed by atoms with Gasteiger partial charge in [0.15, 0.2) is 6.29 Å². The normalized spacial score (nSPS) is 14.4. The molecular weight excluding hydrogens is 278 g/mol. The molecule has 2 aromatic rings. The average molecular weight is 292 g/mol. The first-order valence-electron chi connectivity index (χ1n) is 6.65. The summed E-state index contributed by atoms with van der Waals surface area (Å²) in [5, 5.41) is 0.813. The second-order valence-electron chi connectivity index (χ2n) is 4.90. The largest absolute Gasteiger partial charge is 0.422 e. The molecule has 3 rings (SSSR count). The number of halogens is 1. The van der Waals surface area contributed by atoms with Gasteiger partial charge in [0.05, 0.1) is 5.02 Å². The molecule has 1 aromatic heterocycles. The van der Waals surface area contributed by atoms with E-state index in [1.807, 2.05) is 12.1 Å². The molecule has 1 aliphatic rings. The molecule has 0 spiro atoms. The Morgan fingerprint density at radius 3 is 2.95 bits per heavy atom. The fourth-order valence-corrected chi connectivity index (χ4v) is 3.03. The lowest BCUT2D eigenvalue weighted by molar-refractivity contribution is 0.112. The average Bonchev–Trinajstić information content (AvgIpc) is 2.45. The predicted molar refractivity (Wildman–Crippen MR) is 79.1 cm³/mol. The predicted octanol–water partition coefficient (Wildman–Crippen LogP) is 3.03. The molecule has 0 aliphatic carbocycles. The van der Waals surface area contributed by atoms with E-state index >= 15 is 0 Å². The lowest BCUT2D eigenvalue weighted by Gasteiger charge is -2.30. The molecule has 0 atom stereocenters. The van der Waals surface area contributed by atoms with Crippen LogP contribution >= 0.6 is 11.6 Å². The van der Waals surface area contributed by atoms with E-state index in [-0.39, 0.29) is 10.6 Å². The van der Waals surface area contributed by atoms with Crippen molar-refractivity contribution in [2.24, 2.45) is 0 Å². The first-order chi connectivity index (χ1) is 9.65. The van der Waals surface area contributed by atoms with Crippen LogP contribution in [-0.4, -0.2) is 19.4 Å². The van der Waals surface area contributed by atoms with E-state index in [1.165, 1.54) is 5.56 Å². The first kappa shape index (κ1) is 13.2. The molecule has 4 nitrogen and oxygen atoms in total. The number of rotatable bonds is 2. The van der Waals surface area contributed by atoms with Crippen molar-refractivity contribution in [3.8, 4) is 0 Å². The number of hydrogen-bond acceptors (Lipinski definition) is 4. The van der Waals surface area contributed by atoms with E-state index < -0.39 is 5.63 Å². The van der Waals surface area contributed by atoms with E-state index in [1.54, 1.807) is 0 Å². The van der Waals surface area contributed by atoms with E-state index in [2.05, 4.69) is 11.8 Å². The van der Waals surface area contributed by atoms with Crippen LogP contribution in [0.2, 0.25) is 5.02 Å². The molecule has 0 amide bonds. The smallest absolute Gasteiger partial charge is 0.348 e. The summed E-state index contributed by atoms with van der Waals surface area (Å²) in [7, 11) is 0. The Morgan fingerprint density at radius 2 is 2.25 bits per heavy atom. The van der Waals surface area contributed by atoms with Crippen molar-refractivity contribution in [1.29, 1.82) is 0 Å². The van der Waals surface area contributed by atoms with Crippen molar-refractivity contribution in [2.45, 2.75) is 19.8 Å². The second-order valence-corrected chi connectivity index (χ2v) is 5.27. The molecule has 0 unspecified atom stereocenters. The Bertz CT molecular complexity index is 751. The third kappa shape index (κ3) is 1.91. The molecule has 0 radical (unpaired) electrons. The second kappa shape index (κ2) is 4.94. The quantitative estimate of drug-likeness (QED) is 0.630. The molecular formula is C15H14ClNO3. The maximum absolute atomic E-state index is 11.7. The van der Waals surface area contributed by atoms with Gasteiger partial charge in [-0.15, -0.1) is 0 Å². The summed E-state index contributed by atoms with van der Waals surface area (Å²) >= 11 is 6.15. The highest BCUT2D eigenvalue weighted by molar-refractivity contribution is 6.37. The van der Waals surface area contributed by atoms with Crippen LogP contribution in [0.1, 0.15) is 29.3 Å². The molecule has 5 heteroatoms. The van der Waals surface area contributed by atoms with Crippen LogP contribution in [0, 0.1) is 0 Å². The zero-order valence-electron chi connectivity index (χ0n) is 11.1. The van der Waals surface area contributed by atoms with E-state index in [0.29, 0.717) is 17.3 Å². The minimum atomic E-state index is -0.684. The molecule has 1 aliphatic heterocycles. The van der Waals surface area contributed by atoms with Gasteiger partial charge in [-0.1, -0.05) is 11.6 Å². The fraction of sp³-hybridized carbons (Fsp3) is 0.333. The van der Waals surface area contributed by atoms with Gasteiger partial charge in [0.25, 0.3) is 0 Å². The lowest BCUT2D eigenvalue weighted by Crippen LogP contribution is -2.28. The van der Waals surface area contributed by atoms with E-state index in [0.717, 1.165) is 31.6 Å². The van der Waals surface area contributed by atoms with E-state index in [9.17, 15) is 9.59 Å². The Balaban J connectivity index is 2.33. The van der Waals surface area contributed by atoms with Crippen LogP contribution in [0.5, 0.6) is 0 Å². The lowest BCUT2D eigenvalue weighted by atomic mass is 9.99. The van der Waals surface area contributed by atoms with E-state index in [4.69, 9.17) is 16.0 Å². The Kier molecular flexibility index (Phi) is 3.26. The number of anilines is 1. The summed E-state index contributed by atoms with van der Waals surface area (Å²) < 4.78 is 5.23. The number of benzene rings is 1. The number of hydrogen-bond donors (Lipinski definition) is 0. The third-order valence-electron chi connectivity index (χ3n) is 3.79. The standard InChI is InChI=1S/C15H14ClNO3/c1-2-17-5-3-4-9-6-10-13(7-12(9)17)20-15(19)11(8-18)14(10)16/h6-8H,2-5H2,1H3. The summed E-state index contributed by atoms with van der Waals surface area (Å²) in [6, 6.07) is 3.79. The molecule has 20 heavy (non-hydrogen) atoms. The Labute approximate surface area is 120 Å². The summed E-state index contributed by atoms with van der Waals surface area (Å²) in [4.78, 5) is 24.9. The number of aldehydes is 1. The zero-order valence-corrected chi connectivity index (χ0v) is 11.9. The van der Waals surface area contributed by atoms with Gasteiger partial charge < -0.3 is 9.32 Å². The maximum atomic E-state index is 11.7. The zero-order chi connectivity index (χ0) is 14.3. The van der Waals surface area contributed by atoms with Crippen LogP contribution in [0.25, 0.3) is 11.0 Å². The van der Waals surface area contributed by atoms with Crippen molar-refractivity contribution in [2.75, 3.05) is 18.0 Å². The van der Waals surface area contributed by atoms with Gasteiger partial charge in [-0.25, -0.2) is 4.79 Å². The molecule has 0 N–H and O–H groups in total. The van der Waals surface area contributed by atoms with Crippen LogP contribution in [0.15, 0.2) is 21.3 Å². The van der Waals surface area contributed by atoms with Crippen molar-refractivity contribution in [3.63, 3.8) is 0 Å². The number of carbonyl (C=O) groups is 1. The van der Waals surface area contributed by atoms with Gasteiger partial charge in [-0.2, -0.15) is 0 Å². The highest BCUT2D eigenvalue weighted by atomic mass is 35.5. The Morgan fingerprint density at radius 1 is 1.45 bits per heavy atom. The first-order valence-corrected chi connectivity index (χ1v) is 7.03. The van der Waals surface area contributed by atoms with Gasteiger partial charge in [0.1, 0.15) is 11.1 Å². The van der Waals surface area contributed by atoms with Gasteiger partial charge in [-0.3, -0.25) is 4.79 Å². The molecule has 0 saturated carbocycles. The molecule has 1 aromatic carbocycles. The monoisotopic (exact) mass is 291 g/mol. The van der Waals surface area contributed by atoms with Crippen molar-refractivity contribution < 1.29 is 9.21 Å². The number of aryl methyl sites for hydroxylation is 1. The van der Waals surface area contributed by atoms with Crippen molar-refractivity contribution in [1.82, 2.24) is 0 Å². The van der Waals surface area contributed by atoms with Crippen molar-refractivity contribution in [3.05, 3.63) is 38.7 Å². The minimum Gasteiger partial charge on any atom is -0.422 e. The summed E-state index contributed by atoms with van der Waals surface area (Å²) in [5.41, 5.74) is 1.91. The Hall–Kier alpha value is -1.81. The van der Waals surface area contributed by atoms with Crippen LogP contribution < -0.4 is 10.5 Å². The maximum Gasteiger partial charge on any atom is 0.348 e. The van der Waals surface area contributed by atoms with Crippen molar-refractivity contribution >= 4 is 34.5 Å². The van der Waals surface area contributed by atoms with Gasteiger partial charge in [0.2, 0.25) is 0 Å². The van der Waals surface area contributed by atoms with Gasteiger partial charge in [0, 0.05) is 30.2 Å². The highest BCUT2D eigenvalue weighted by Crippen LogP contribution is 2.34. The number of nitrogens with zero attached hydrogens (tertiary/aromatic N) is 1. The number of carbonyl (C=O) groups excluding carboxylic acids is 1. The van der Waals surface area contributed by atoms with Crippen LogP contribution in [0.3, 0.4) is 0 Å². The fourth-order valence-electron chi connectivity index (χ4n) is 2.76. The number of fused-ring (bicyclic) bond motifs is 2. The van der Waals surface area contributed by atoms with Crippen LogP contribution in [-0.2, 0) is 6.42 Å². The summed E-state index contributed by atoms with van der Waals surface area (Å²) in [5.74, 6) is 0. The van der Waals surface area contributed by atoms with Crippen LogP contribution in [0.4, 0.5) is 5.69 Å². The third-order valence-corrected chi connectivity index (χ3v) is 4.20. The molecule has 0 bridgehead atoms. The molecule has 2 heterocycles.